The van der Waals surface area contributed by atoms with Gasteiger partial charge in [0.05, 0.1) is 0 Å². The van der Waals surface area contributed by atoms with Crippen LogP contribution in [0.15, 0.2) is 28.7 Å². The SMILES string of the molecule is CC1CCCC1NCC(O)COc1cccc(Br)c1. The van der Waals surface area contributed by atoms with E-state index in [2.05, 4.69) is 28.2 Å². The van der Waals surface area contributed by atoms with E-state index in [4.69, 9.17) is 4.74 Å². The maximum atomic E-state index is 9.93. The van der Waals surface area contributed by atoms with Crippen molar-refractivity contribution in [2.75, 3.05) is 13.2 Å². The van der Waals surface area contributed by atoms with Crippen LogP contribution in [0.1, 0.15) is 26.2 Å². The van der Waals surface area contributed by atoms with E-state index >= 15 is 0 Å². The molecule has 0 saturated heterocycles. The van der Waals surface area contributed by atoms with Gasteiger partial charge in [-0.2, -0.15) is 0 Å². The lowest BCUT2D eigenvalue weighted by Gasteiger charge is -2.20. The van der Waals surface area contributed by atoms with Crippen molar-refractivity contribution < 1.29 is 9.84 Å². The van der Waals surface area contributed by atoms with Gasteiger partial charge in [-0.25, -0.2) is 0 Å². The normalized spacial score (nSPS) is 24.4. The van der Waals surface area contributed by atoms with Gasteiger partial charge < -0.3 is 15.2 Å². The second-order valence-corrected chi connectivity index (χ2v) is 6.26. The lowest BCUT2D eigenvalue weighted by molar-refractivity contribution is 0.102. The molecule has 0 spiro atoms. The number of nitrogens with one attached hydrogen (secondary N) is 1. The van der Waals surface area contributed by atoms with Crippen molar-refractivity contribution in [3.8, 4) is 5.75 Å². The summed E-state index contributed by atoms with van der Waals surface area (Å²) in [4.78, 5) is 0. The van der Waals surface area contributed by atoms with Gasteiger partial charge in [-0.15, -0.1) is 0 Å². The molecule has 19 heavy (non-hydrogen) atoms. The van der Waals surface area contributed by atoms with Crippen molar-refractivity contribution in [3.05, 3.63) is 28.7 Å². The number of ether oxygens (including phenoxy) is 1. The molecule has 1 aromatic carbocycles. The Morgan fingerprint density at radius 2 is 2.32 bits per heavy atom. The van der Waals surface area contributed by atoms with Gasteiger partial charge in [0.25, 0.3) is 0 Å². The fourth-order valence-corrected chi connectivity index (χ4v) is 2.92. The Bertz CT molecular complexity index is 399. The molecule has 106 valence electrons. The number of hydrogen-bond donors (Lipinski definition) is 2. The fourth-order valence-electron chi connectivity index (χ4n) is 2.54. The Hall–Kier alpha value is -0.580. The van der Waals surface area contributed by atoms with E-state index in [0.717, 1.165) is 16.1 Å². The molecule has 3 nitrogen and oxygen atoms in total. The zero-order valence-electron chi connectivity index (χ0n) is 11.3. The molecule has 1 aromatic rings. The predicted molar refractivity (Wildman–Crippen MR) is 80.4 cm³/mol. The Kier molecular flexibility index (Phi) is 5.67. The summed E-state index contributed by atoms with van der Waals surface area (Å²) in [6.45, 7) is 3.20. The fraction of sp³-hybridized carbons (Fsp3) is 0.600. The molecule has 0 aliphatic heterocycles. The van der Waals surface area contributed by atoms with Crippen LogP contribution in [-0.2, 0) is 0 Å². The highest BCUT2D eigenvalue weighted by molar-refractivity contribution is 9.10. The van der Waals surface area contributed by atoms with Gasteiger partial charge in [-0.1, -0.05) is 35.3 Å². The van der Waals surface area contributed by atoms with Crippen LogP contribution in [0.4, 0.5) is 0 Å². The van der Waals surface area contributed by atoms with Gasteiger partial charge in [0, 0.05) is 17.1 Å². The molecule has 3 unspecified atom stereocenters. The Labute approximate surface area is 123 Å². The van der Waals surface area contributed by atoms with Gasteiger partial charge in [0.15, 0.2) is 0 Å². The summed E-state index contributed by atoms with van der Waals surface area (Å²) in [6.07, 6.45) is 3.35. The van der Waals surface area contributed by atoms with E-state index in [9.17, 15) is 5.11 Å². The highest BCUT2D eigenvalue weighted by Gasteiger charge is 2.23. The molecular formula is C15H22BrNO2. The molecular weight excluding hydrogens is 306 g/mol. The van der Waals surface area contributed by atoms with Crippen molar-refractivity contribution in [1.29, 1.82) is 0 Å². The topological polar surface area (TPSA) is 41.5 Å². The molecule has 0 heterocycles. The van der Waals surface area contributed by atoms with E-state index < -0.39 is 6.10 Å². The third-order valence-corrected chi connectivity index (χ3v) is 4.21. The van der Waals surface area contributed by atoms with Crippen LogP contribution in [0.25, 0.3) is 0 Å². The minimum absolute atomic E-state index is 0.324. The first-order valence-electron chi connectivity index (χ1n) is 6.95. The zero-order chi connectivity index (χ0) is 13.7. The summed E-state index contributed by atoms with van der Waals surface area (Å²) in [5, 5.41) is 13.4. The number of benzene rings is 1. The highest BCUT2D eigenvalue weighted by Crippen LogP contribution is 2.24. The first-order valence-corrected chi connectivity index (χ1v) is 7.74. The molecule has 2 N–H and O–H groups in total. The van der Waals surface area contributed by atoms with Gasteiger partial charge in [-0.05, 0) is 37.0 Å². The molecule has 3 atom stereocenters. The average molecular weight is 328 g/mol. The van der Waals surface area contributed by atoms with E-state index in [1.807, 2.05) is 24.3 Å². The maximum Gasteiger partial charge on any atom is 0.120 e. The van der Waals surface area contributed by atoms with Crippen LogP contribution in [0.3, 0.4) is 0 Å². The summed E-state index contributed by atoms with van der Waals surface area (Å²) in [7, 11) is 0. The van der Waals surface area contributed by atoms with Crippen LogP contribution < -0.4 is 10.1 Å². The third kappa shape index (κ3) is 4.79. The van der Waals surface area contributed by atoms with Crippen LogP contribution in [-0.4, -0.2) is 30.4 Å². The van der Waals surface area contributed by atoms with Crippen LogP contribution in [0.2, 0.25) is 0 Å². The summed E-state index contributed by atoms with van der Waals surface area (Å²) >= 11 is 3.40. The highest BCUT2D eigenvalue weighted by atomic mass is 79.9. The molecule has 4 heteroatoms. The Morgan fingerprint density at radius 3 is 3.00 bits per heavy atom. The molecule has 0 amide bonds. The molecule has 0 radical (unpaired) electrons. The first kappa shape index (κ1) is 14.8. The van der Waals surface area contributed by atoms with Crippen LogP contribution in [0.5, 0.6) is 5.75 Å². The second kappa shape index (κ2) is 7.27. The molecule has 0 bridgehead atoms. The number of halogens is 1. The summed E-state index contributed by atoms with van der Waals surface area (Å²) in [5.74, 6) is 1.50. The maximum absolute atomic E-state index is 9.93. The van der Waals surface area contributed by atoms with E-state index in [1.165, 1.54) is 19.3 Å². The van der Waals surface area contributed by atoms with Crippen molar-refractivity contribution >= 4 is 15.9 Å². The Balaban J connectivity index is 1.68. The van der Waals surface area contributed by atoms with E-state index in [0.29, 0.717) is 19.2 Å². The van der Waals surface area contributed by atoms with Crippen molar-refractivity contribution in [2.24, 2.45) is 5.92 Å². The minimum Gasteiger partial charge on any atom is -0.491 e. The summed E-state index contributed by atoms with van der Waals surface area (Å²) < 4.78 is 6.55. The third-order valence-electron chi connectivity index (χ3n) is 3.72. The van der Waals surface area contributed by atoms with Crippen molar-refractivity contribution in [1.82, 2.24) is 5.32 Å². The number of aliphatic hydroxyl groups excluding tert-OH is 1. The molecule has 1 aliphatic rings. The van der Waals surface area contributed by atoms with Crippen LogP contribution in [0, 0.1) is 5.92 Å². The molecule has 1 saturated carbocycles. The molecule has 2 rings (SSSR count). The van der Waals surface area contributed by atoms with Gasteiger partial charge >= 0.3 is 0 Å². The number of rotatable bonds is 6. The monoisotopic (exact) mass is 327 g/mol. The molecule has 1 aliphatic carbocycles. The molecule has 1 fully saturated rings. The quantitative estimate of drug-likeness (QED) is 0.844. The lowest BCUT2D eigenvalue weighted by atomic mass is 10.1. The van der Waals surface area contributed by atoms with Crippen molar-refractivity contribution in [3.63, 3.8) is 0 Å². The van der Waals surface area contributed by atoms with E-state index in [1.54, 1.807) is 0 Å². The summed E-state index contributed by atoms with van der Waals surface area (Å²) in [6, 6.07) is 8.22. The van der Waals surface area contributed by atoms with Gasteiger partial charge in [0.1, 0.15) is 18.5 Å². The van der Waals surface area contributed by atoms with Crippen LogP contribution >= 0.6 is 15.9 Å². The number of aliphatic hydroxyl groups is 1. The van der Waals surface area contributed by atoms with E-state index in [-0.39, 0.29) is 0 Å². The first-order chi connectivity index (χ1) is 9.15. The largest absolute Gasteiger partial charge is 0.491 e. The second-order valence-electron chi connectivity index (χ2n) is 5.35. The van der Waals surface area contributed by atoms with Gasteiger partial charge in [0.2, 0.25) is 0 Å². The minimum atomic E-state index is -0.466. The van der Waals surface area contributed by atoms with Gasteiger partial charge in [-0.3, -0.25) is 0 Å². The van der Waals surface area contributed by atoms with Crippen molar-refractivity contribution in [2.45, 2.75) is 38.3 Å². The standard InChI is InChI=1S/C15H22BrNO2/c1-11-4-2-7-15(11)17-9-13(18)10-19-14-6-3-5-12(16)8-14/h3,5-6,8,11,13,15,17-18H,2,4,7,9-10H2,1H3. The predicted octanol–water partition coefficient (Wildman–Crippen LogP) is 2.97. The summed E-state index contributed by atoms with van der Waals surface area (Å²) in [5.41, 5.74) is 0. The smallest absolute Gasteiger partial charge is 0.120 e. The number of hydrogen-bond acceptors (Lipinski definition) is 3. The Morgan fingerprint density at radius 1 is 1.47 bits per heavy atom. The molecule has 0 aromatic heterocycles. The lowest BCUT2D eigenvalue weighted by Crippen LogP contribution is -2.39. The average Bonchev–Trinajstić information content (AvgIpc) is 2.80. The zero-order valence-corrected chi connectivity index (χ0v) is 12.9.